The first-order chi connectivity index (χ1) is 34.0. The Morgan fingerprint density at radius 3 is 0.986 bits per heavy atom. The van der Waals surface area contributed by atoms with E-state index in [4.69, 9.17) is 14.2 Å². The summed E-state index contributed by atoms with van der Waals surface area (Å²) in [7, 11) is 0. The number of hydrogen-bond acceptors (Lipinski definition) is 6. The minimum Gasteiger partial charge on any atom is -0.462 e. The van der Waals surface area contributed by atoms with Crippen molar-refractivity contribution in [2.45, 2.75) is 284 Å². The Bertz CT molecular complexity index is 1330. The maximum absolute atomic E-state index is 12.8. The average molecular weight is 962 g/mol. The smallest absolute Gasteiger partial charge is 0.306 e. The Morgan fingerprint density at radius 2 is 0.594 bits per heavy atom. The van der Waals surface area contributed by atoms with Gasteiger partial charge in [0.15, 0.2) is 6.10 Å². The Labute approximate surface area is 426 Å². The van der Waals surface area contributed by atoms with E-state index in [1.807, 2.05) is 6.08 Å². The topological polar surface area (TPSA) is 78.9 Å². The van der Waals surface area contributed by atoms with Crippen LogP contribution < -0.4 is 0 Å². The van der Waals surface area contributed by atoms with Crippen molar-refractivity contribution >= 4 is 17.9 Å². The van der Waals surface area contributed by atoms with Crippen LogP contribution in [0.2, 0.25) is 0 Å². The van der Waals surface area contributed by atoms with E-state index in [0.717, 1.165) is 77.0 Å². The molecule has 0 aromatic rings. The summed E-state index contributed by atoms with van der Waals surface area (Å²) in [5.74, 6) is -0.983. The molecule has 0 saturated carbocycles. The zero-order valence-corrected chi connectivity index (χ0v) is 45.3. The summed E-state index contributed by atoms with van der Waals surface area (Å²) in [6.45, 7) is 6.47. The van der Waals surface area contributed by atoms with Gasteiger partial charge in [-0.1, -0.05) is 260 Å². The van der Waals surface area contributed by atoms with Gasteiger partial charge in [0.2, 0.25) is 0 Å². The fourth-order valence-electron chi connectivity index (χ4n) is 8.05. The highest BCUT2D eigenvalue weighted by Gasteiger charge is 2.19. The van der Waals surface area contributed by atoms with E-state index in [9.17, 15) is 14.4 Å². The second-order valence-electron chi connectivity index (χ2n) is 19.2. The number of rotatable bonds is 52. The van der Waals surface area contributed by atoms with Gasteiger partial charge in [-0.2, -0.15) is 0 Å². The second-order valence-corrected chi connectivity index (χ2v) is 19.2. The number of unbranched alkanes of at least 4 members (excludes halogenated alkanes) is 27. The molecule has 0 aromatic carbocycles. The minimum absolute atomic E-state index is 0.0992. The van der Waals surface area contributed by atoms with Crippen molar-refractivity contribution in [1.82, 2.24) is 0 Å². The van der Waals surface area contributed by atoms with E-state index in [2.05, 4.69) is 99.8 Å². The van der Waals surface area contributed by atoms with E-state index in [1.54, 1.807) is 0 Å². The fraction of sp³-hybridized carbons (Fsp3) is 0.730. The molecule has 6 heteroatoms. The Balaban J connectivity index is 4.47. The molecule has 6 nitrogen and oxygen atoms in total. The van der Waals surface area contributed by atoms with Crippen LogP contribution >= 0.6 is 0 Å². The summed E-state index contributed by atoms with van der Waals surface area (Å²) in [5, 5.41) is 0. The van der Waals surface area contributed by atoms with Crippen molar-refractivity contribution in [3.05, 3.63) is 85.1 Å². The van der Waals surface area contributed by atoms with Crippen molar-refractivity contribution < 1.29 is 28.6 Å². The molecule has 1 atom stereocenters. The monoisotopic (exact) mass is 961 g/mol. The molecule has 0 aliphatic carbocycles. The Hall–Kier alpha value is -3.41. The summed E-state index contributed by atoms with van der Waals surface area (Å²) >= 11 is 0. The molecule has 0 saturated heterocycles. The van der Waals surface area contributed by atoms with E-state index in [1.165, 1.54) is 154 Å². The maximum atomic E-state index is 12.8. The third kappa shape index (κ3) is 55.4. The Morgan fingerprint density at radius 1 is 0.304 bits per heavy atom. The predicted molar refractivity (Wildman–Crippen MR) is 297 cm³/mol. The first-order valence-corrected chi connectivity index (χ1v) is 29.1. The molecular formula is C63H108O6. The molecule has 396 valence electrons. The molecule has 0 fully saturated rings. The van der Waals surface area contributed by atoms with Crippen LogP contribution in [-0.4, -0.2) is 37.2 Å². The van der Waals surface area contributed by atoms with Gasteiger partial charge in [-0.15, -0.1) is 0 Å². The highest BCUT2D eigenvalue weighted by molar-refractivity contribution is 5.71. The quantitative estimate of drug-likeness (QED) is 0.0262. The van der Waals surface area contributed by atoms with Gasteiger partial charge in [0, 0.05) is 19.3 Å². The van der Waals surface area contributed by atoms with Crippen LogP contribution in [0.15, 0.2) is 85.1 Å². The fourth-order valence-corrected chi connectivity index (χ4v) is 8.05. The highest BCUT2D eigenvalue weighted by atomic mass is 16.6. The van der Waals surface area contributed by atoms with Crippen molar-refractivity contribution in [3.63, 3.8) is 0 Å². The van der Waals surface area contributed by atoms with Crippen LogP contribution in [0.5, 0.6) is 0 Å². The number of esters is 3. The van der Waals surface area contributed by atoms with Crippen molar-refractivity contribution in [2.75, 3.05) is 13.2 Å². The first-order valence-electron chi connectivity index (χ1n) is 29.1. The lowest BCUT2D eigenvalue weighted by Crippen LogP contribution is -2.30. The standard InChI is InChI=1S/C63H108O6/c1-4-7-10-13-16-19-22-25-28-30-31-33-36-38-41-44-47-50-53-56-62(65)68-59-60(69-63(66)57-54-51-48-45-42-39-34-27-24-21-18-15-12-9-6-3)58-67-61(64)55-52-49-46-43-40-37-35-32-29-26-23-20-17-14-11-8-5-2/h7,10,16,19,21,24-25,28,31,33,38,41,47,50,60H,4-6,8-9,11-15,17-18,20,22-23,26-27,29-30,32,34-37,39-40,42-46,48-49,51-59H2,1-3H3/b10-7-,19-16-,24-21-,28-25-,33-31-,41-38-,50-47-/t60-/m0/s1. The number of carbonyl (C=O) groups excluding carboxylic acids is 3. The van der Waals surface area contributed by atoms with Crippen molar-refractivity contribution in [1.29, 1.82) is 0 Å². The number of allylic oxidation sites excluding steroid dienone is 14. The lowest BCUT2D eigenvalue weighted by Gasteiger charge is -2.18. The largest absolute Gasteiger partial charge is 0.462 e. The predicted octanol–water partition coefficient (Wildman–Crippen LogP) is 19.5. The number of ether oxygens (including phenoxy) is 3. The molecule has 69 heavy (non-hydrogen) atoms. The zero-order valence-electron chi connectivity index (χ0n) is 45.3. The van der Waals surface area contributed by atoms with Crippen LogP contribution in [0.1, 0.15) is 278 Å². The highest BCUT2D eigenvalue weighted by Crippen LogP contribution is 2.16. The molecule has 0 heterocycles. The molecule has 0 N–H and O–H groups in total. The van der Waals surface area contributed by atoms with Crippen molar-refractivity contribution in [2.24, 2.45) is 0 Å². The van der Waals surface area contributed by atoms with Crippen LogP contribution in [-0.2, 0) is 28.6 Å². The lowest BCUT2D eigenvalue weighted by atomic mass is 10.0. The molecule has 0 aromatic heterocycles. The van der Waals surface area contributed by atoms with E-state index in [0.29, 0.717) is 19.3 Å². The van der Waals surface area contributed by atoms with Gasteiger partial charge in [0.05, 0.1) is 0 Å². The van der Waals surface area contributed by atoms with Crippen LogP contribution in [0.25, 0.3) is 0 Å². The summed E-state index contributed by atoms with van der Waals surface area (Å²) in [6.07, 6.45) is 74.4. The van der Waals surface area contributed by atoms with E-state index in [-0.39, 0.29) is 37.5 Å². The summed E-state index contributed by atoms with van der Waals surface area (Å²) in [5.41, 5.74) is 0. The van der Waals surface area contributed by atoms with Crippen LogP contribution in [0.4, 0.5) is 0 Å². The molecule has 0 amide bonds. The lowest BCUT2D eigenvalue weighted by molar-refractivity contribution is -0.166. The third-order valence-electron chi connectivity index (χ3n) is 12.4. The molecule has 0 rings (SSSR count). The van der Waals surface area contributed by atoms with Crippen molar-refractivity contribution in [3.8, 4) is 0 Å². The minimum atomic E-state index is -0.808. The third-order valence-corrected chi connectivity index (χ3v) is 12.4. The van der Waals surface area contributed by atoms with Crippen LogP contribution in [0.3, 0.4) is 0 Å². The molecule has 0 radical (unpaired) electrons. The zero-order chi connectivity index (χ0) is 50.0. The molecule has 0 unspecified atom stereocenters. The van der Waals surface area contributed by atoms with E-state index < -0.39 is 6.10 Å². The molecule has 0 aliphatic heterocycles. The number of hydrogen-bond donors (Lipinski definition) is 0. The van der Waals surface area contributed by atoms with Gasteiger partial charge < -0.3 is 14.2 Å². The molecule has 0 spiro atoms. The Kier molecular flexibility index (Phi) is 54.3. The summed E-state index contributed by atoms with van der Waals surface area (Å²) in [4.78, 5) is 38.1. The van der Waals surface area contributed by atoms with E-state index >= 15 is 0 Å². The van der Waals surface area contributed by atoms with Gasteiger partial charge in [0.1, 0.15) is 13.2 Å². The van der Waals surface area contributed by atoms with Crippen LogP contribution in [0, 0.1) is 0 Å². The van der Waals surface area contributed by atoms with Gasteiger partial charge >= 0.3 is 17.9 Å². The maximum Gasteiger partial charge on any atom is 0.306 e. The molecule has 0 aliphatic rings. The normalized spacial score (nSPS) is 12.7. The van der Waals surface area contributed by atoms with Gasteiger partial charge in [0.25, 0.3) is 0 Å². The SMILES string of the molecule is CC/C=C\C/C=C\C/C=C\C/C=C\C/C=C\C/C=C\CCC(=O)OC[C@H](COC(=O)CCCCCCCCCCCCCCCCCCC)OC(=O)CCCCCCCCC/C=C\CCCCCC. The van der Waals surface area contributed by atoms with Gasteiger partial charge in [-0.25, -0.2) is 0 Å². The molecule has 0 bridgehead atoms. The average Bonchev–Trinajstić information content (AvgIpc) is 3.35. The summed E-state index contributed by atoms with van der Waals surface area (Å²) in [6, 6.07) is 0. The molecular weight excluding hydrogens is 853 g/mol. The first kappa shape index (κ1) is 65.6. The second kappa shape index (κ2) is 57.2. The summed E-state index contributed by atoms with van der Waals surface area (Å²) < 4.78 is 16.8. The van der Waals surface area contributed by atoms with Gasteiger partial charge in [-0.05, 0) is 83.5 Å². The number of carbonyl (C=O) groups is 3. The van der Waals surface area contributed by atoms with Gasteiger partial charge in [-0.3, -0.25) is 14.4 Å².